The molecule has 3 nitrogen and oxygen atoms in total. The molecule has 1 atom stereocenters. The van der Waals surface area contributed by atoms with Crippen LogP contribution in [0.25, 0.3) is 5.70 Å². The first kappa shape index (κ1) is 22.7. The van der Waals surface area contributed by atoms with Gasteiger partial charge in [0.15, 0.2) is 0 Å². The molecule has 138 valence electrons. The predicted molar refractivity (Wildman–Crippen MR) is 112 cm³/mol. The van der Waals surface area contributed by atoms with Gasteiger partial charge in [-0.25, -0.2) is 5.84 Å². The highest BCUT2D eigenvalue weighted by molar-refractivity contribution is 5.74. The lowest BCUT2D eigenvalue weighted by molar-refractivity contribution is 0.449. The molecule has 2 rings (SSSR count). The zero-order valence-corrected chi connectivity index (χ0v) is 16.8. The number of nitrogens with two attached hydrogens (primary N) is 2. The van der Waals surface area contributed by atoms with Crippen LogP contribution in [0.3, 0.4) is 0 Å². The number of rotatable bonds is 3. The third-order valence-electron chi connectivity index (χ3n) is 3.96. The zero-order valence-electron chi connectivity index (χ0n) is 16.8. The molecule has 0 aliphatic heterocycles. The summed E-state index contributed by atoms with van der Waals surface area (Å²) in [4.78, 5) is 0. The summed E-state index contributed by atoms with van der Waals surface area (Å²) in [5.41, 5.74) is 12.2. The first-order valence-electron chi connectivity index (χ1n) is 9.07. The number of hydrogen-bond acceptors (Lipinski definition) is 3. The van der Waals surface area contributed by atoms with Gasteiger partial charge in [-0.15, -0.1) is 0 Å². The average molecular weight is 342 g/mol. The fourth-order valence-electron chi connectivity index (χ4n) is 2.98. The number of nitrogens with zero attached hydrogens (tertiary/aromatic N) is 1. The Labute approximate surface area is 154 Å². The van der Waals surface area contributed by atoms with Crippen LogP contribution in [-0.2, 0) is 6.42 Å². The van der Waals surface area contributed by atoms with Crippen LogP contribution in [0.2, 0.25) is 0 Å². The molecule has 1 unspecified atom stereocenters. The summed E-state index contributed by atoms with van der Waals surface area (Å²) >= 11 is 0. The van der Waals surface area contributed by atoms with Crippen LogP contribution in [0, 0.1) is 5.92 Å². The van der Waals surface area contributed by atoms with Crippen molar-refractivity contribution >= 4 is 5.70 Å². The van der Waals surface area contributed by atoms with Gasteiger partial charge in [-0.3, -0.25) is 0 Å². The fraction of sp³-hybridized carbons (Fsp3) is 0.364. The lowest BCUT2D eigenvalue weighted by atomic mass is 9.83. The Morgan fingerprint density at radius 2 is 1.64 bits per heavy atom. The standard InChI is InChI=1S/C18H23N3.2C2H6/c1-5-14-12(3)11-13-9-7-8-10-16(13)17(19)18(21(4)20)15(14)6-2;2*1-2/h5-10,12H,1-2,11,19-20H2,3-4H3;2*1-2H3/b15-14-,18-17-;;. The fourth-order valence-corrected chi connectivity index (χ4v) is 2.98. The van der Waals surface area contributed by atoms with Gasteiger partial charge in [-0.05, 0) is 23.5 Å². The Balaban J connectivity index is 0.00000134. The molecule has 1 aliphatic rings. The Kier molecular flexibility index (Phi) is 10.3. The quantitative estimate of drug-likeness (QED) is 0.598. The van der Waals surface area contributed by atoms with Gasteiger partial charge in [-0.2, -0.15) is 0 Å². The van der Waals surface area contributed by atoms with Crippen molar-refractivity contribution in [3.05, 3.63) is 77.5 Å². The molecule has 1 aromatic rings. The van der Waals surface area contributed by atoms with Gasteiger partial charge in [0.1, 0.15) is 0 Å². The van der Waals surface area contributed by atoms with Crippen molar-refractivity contribution in [2.45, 2.75) is 41.0 Å². The molecule has 0 saturated heterocycles. The number of allylic oxidation sites excluding steroid dienone is 3. The monoisotopic (exact) mass is 341 g/mol. The molecule has 0 bridgehead atoms. The molecule has 0 fully saturated rings. The second-order valence-corrected chi connectivity index (χ2v) is 5.41. The molecule has 1 aromatic carbocycles. The Morgan fingerprint density at radius 1 is 1.08 bits per heavy atom. The number of hydrazine groups is 1. The van der Waals surface area contributed by atoms with Crippen LogP contribution in [0.5, 0.6) is 0 Å². The smallest absolute Gasteiger partial charge is 0.0825 e. The first-order chi connectivity index (χ1) is 12.0. The van der Waals surface area contributed by atoms with Crippen molar-refractivity contribution < 1.29 is 0 Å². The summed E-state index contributed by atoms with van der Waals surface area (Å²) in [5, 5.41) is 1.56. The van der Waals surface area contributed by atoms with Crippen LogP contribution in [0.15, 0.2) is 66.4 Å². The lowest BCUT2D eigenvalue weighted by Crippen LogP contribution is -2.30. The summed E-state index contributed by atoms with van der Waals surface area (Å²) in [6.45, 7) is 18.1. The van der Waals surface area contributed by atoms with E-state index in [9.17, 15) is 0 Å². The zero-order chi connectivity index (χ0) is 19.6. The van der Waals surface area contributed by atoms with Gasteiger partial charge in [0.05, 0.1) is 11.4 Å². The Bertz CT molecular complexity index is 636. The van der Waals surface area contributed by atoms with Gasteiger partial charge in [0, 0.05) is 18.2 Å². The molecule has 0 saturated carbocycles. The normalized spacial score (nSPS) is 22.0. The lowest BCUT2D eigenvalue weighted by Gasteiger charge is -2.28. The second kappa shape index (κ2) is 11.3. The molecule has 4 N–H and O–H groups in total. The number of likely N-dealkylation sites (N-methyl/N-ethyl adjacent to an activating group) is 1. The minimum absolute atomic E-state index is 0.319. The highest BCUT2D eigenvalue weighted by Crippen LogP contribution is 2.34. The van der Waals surface area contributed by atoms with E-state index in [-0.39, 0.29) is 0 Å². The van der Waals surface area contributed by atoms with Gasteiger partial charge in [0.25, 0.3) is 0 Å². The SMILES string of the molecule is C=CC1=C(\C=C)C(C)Cc2ccccc2/C(N)=C\1N(C)N.CC.CC. The average Bonchev–Trinajstić information content (AvgIpc) is 2.63. The highest BCUT2D eigenvalue weighted by Gasteiger charge is 2.23. The van der Waals surface area contributed by atoms with Gasteiger partial charge in [-0.1, -0.05) is 84.2 Å². The summed E-state index contributed by atoms with van der Waals surface area (Å²) in [6.07, 6.45) is 4.61. The number of fused-ring (bicyclic) bond motifs is 1. The minimum Gasteiger partial charge on any atom is -0.396 e. The van der Waals surface area contributed by atoms with Crippen molar-refractivity contribution in [2.75, 3.05) is 7.05 Å². The molecule has 0 radical (unpaired) electrons. The molecule has 1 aliphatic carbocycles. The predicted octanol–water partition coefficient (Wildman–Crippen LogP) is 5.03. The minimum atomic E-state index is 0.319. The first-order valence-corrected chi connectivity index (χ1v) is 9.07. The Hall–Kier alpha value is -2.26. The highest BCUT2D eigenvalue weighted by atomic mass is 15.4. The summed E-state index contributed by atoms with van der Waals surface area (Å²) in [6, 6.07) is 8.20. The van der Waals surface area contributed by atoms with Crippen LogP contribution < -0.4 is 11.6 Å². The van der Waals surface area contributed by atoms with E-state index in [1.54, 1.807) is 12.1 Å². The van der Waals surface area contributed by atoms with Crippen molar-refractivity contribution in [1.82, 2.24) is 5.01 Å². The topological polar surface area (TPSA) is 55.3 Å². The second-order valence-electron chi connectivity index (χ2n) is 5.41. The van der Waals surface area contributed by atoms with E-state index in [1.165, 1.54) is 5.56 Å². The van der Waals surface area contributed by atoms with Crippen molar-refractivity contribution in [3.8, 4) is 0 Å². The van der Waals surface area contributed by atoms with Crippen LogP contribution >= 0.6 is 0 Å². The van der Waals surface area contributed by atoms with Crippen LogP contribution in [-0.4, -0.2) is 12.1 Å². The maximum atomic E-state index is 6.43. The molecule has 0 heterocycles. The van der Waals surface area contributed by atoms with E-state index in [0.29, 0.717) is 11.6 Å². The van der Waals surface area contributed by atoms with Gasteiger partial charge >= 0.3 is 0 Å². The van der Waals surface area contributed by atoms with E-state index in [1.807, 2.05) is 58.0 Å². The molecule has 25 heavy (non-hydrogen) atoms. The largest absolute Gasteiger partial charge is 0.396 e. The van der Waals surface area contributed by atoms with Crippen molar-refractivity contribution in [1.29, 1.82) is 0 Å². The van der Waals surface area contributed by atoms with E-state index >= 15 is 0 Å². The third-order valence-corrected chi connectivity index (χ3v) is 3.96. The van der Waals surface area contributed by atoms with Crippen molar-refractivity contribution in [3.63, 3.8) is 0 Å². The molecule has 0 amide bonds. The summed E-state index contributed by atoms with van der Waals surface area (Å²) in [5.74, 6) is 6.36. The summed E-state index contributed by atoms with van der Waals surface area (Å²) in [7, 11) is 1.79. The van der Waals surface area contributed by atoms with E-state index in [4.69, 9.17) is 11.6 Å². The number of hydrogen-bond donors (Lipinski definition) is 2. The maximum absolute atomic E-state index is 6.43. The molecule has 0 aromatic heterocycles. The van der Waals surface area contributed by atoms with E-state index in [0.717, 1.165) is 28.8 Å². The van der Waals surface area contributed by atoms with Gasteiger partial charge < -0.3 is 10.7 Å². The number of benzene rings is 1. The third kappa shape index (κ3) is 5.10. The van der Waals surface area contributed by atoms with Crippen LogP contribution in [0.1, 0.15) is 45.7 Å². The molecular weight excluding hydrogens is 306 g/mol. The molecule has 3 heteroatoms. The van der Waals surface area contributed by atoms with E-state index in [2.05, 4.69) is 26.1 Å². The Morgan fingerprint density at radius 3 is 2.12 bits per heavy atom. The molecular formula is C22H35N3. The molecule has 0 spiro atoms. The maximum Gasteiger partial charge on any atom is 0.0825 e. The van der Waals surface area contributed by atoms with Crippen LogP contribution in [0.4, 0.5) is 0 Å². The van der Waals surface area contributed by atoms with E-state index < -0.39 is 0 Å². The van der Waals surface area contributed by atoms with Crippen molar-refractivity contribution in [2.24, 2.45) is 17.5 Å². The van der Waals surface area contributed by atoms with Gasteiger partial charge in [0.2, 0.25) is 0 Å². The summed E-state index contributed by atoms with van der Waals surface area (Å²) < 4.78 is 0.